The molecule has 2 aromatic carbocycles. The Morgan fingerprint density at radius 3 is 2.61 bits per heavy atom. The van der Waals surface area contributed by atoms with E-state index in [1.807, 2.05) is 37.3 Å². The first-order chi connectivity index (χ1) is 11.1. The van der Waals surface area contributed by atoms with E-state index in [0.717, 1.165) is 32.5 Å². The van der Waals surface area contributed by atoms with Crippen molar-refractivity contribution in [1.82, 2.24) is 19.8 Å². The van der Waals surface area contributed by atoms with Gasteiger partial charge in [-0.05, 0) is 30.7 Å². The number of benzene rings is 2. The Morgan fingerprint density at radius 1 is 1.00 bits per heavy atom. The molecule has 0 atom stereocenters. The van der Waals surface area contributed by atoms with Gasteiger partial charge in [0, 0.05) is 16.1 Å². The Hall–Kier alpha value is -1.95. The fraction of sp³-hybridized carbons (Fsp3) is 0.0625. The number of rotatable bonds is 2. The van der Waals surface area contributed by atoms with Crippen molar-refractivity contribution >= 4 is 39.5 Å². The van der Waals surface area contributed by atoms with Crippen LogP contribution in [0, 0.1) is 6.92 Å². The monoisotopic (exact) mass is 360 g/mol. The van der Waals surface area contributed by atoms with Crippen molar-refractivity contribution in [3.63, 3.8) is 0 Å². The summed E-state index contributed by atoms with van der Waals surface area (Å²) in [4.78, 5) is 0.726. The van der Waals surface area contributed by atoms with Crippen LogP contribution in [0.1, 0.15) is 5.56 Å². The Morgan fingerprint density at radius 2 is 1.83 bits per heavy atom. The van der Waals surface area contributed by atoms with E-state index in [1.54, 1.807) is 16.6 Å². The number of halogens is 2. The minimum atomic E-state index is 0.569. The van der Waals surface area contributed by atoms with Gasteiger partial charge < -0.3 is 0 Å². The van der Waals surface area contributed by atoms with E-state index in [4.69, 9.17) is 23.2 Å². The molecule has 23 heavy (non-hydrogen) atoms. The molecule has 0 spiro atoms. The summed E-state index contributed by atoms with van der Waals surface area (Å²) in [5.74, 6) is 0.727. The lowest BCUT2D eigenvalue weighted by molar-refractivity contribution is 0.969. The molecule has 7 heteroatoms. The molecule has 0 saturated heterocycles. The second-order valence-corrected chi connectivity index (χ2v) is 6.86. The second-order valence-electron chi connectivity index (χ2n) is 5.06. The zero-order chi connectivity index (χ0) is 16.0. The van der Waals surface area contributed by atoms with Crippen molar-refractivity contribution in [2.24, 2.45) is 0 Å². The Labute approximate surface area is 146 Å². The molecule has 2 aromatic heterocycles. The van der Waals surface area contributed by atoms with Gasteiger partial charge in [0.15, 0.2) is 5.82 Å². The third-order valence-corrected chi connectivity index (χ3v) is 5.02. The van der Waals surface area contributed by atoms with E-state index in [0.29, 0.717) is 10.0 Å². The van der Waals surface area contributed by atoms with Crippen LogP contribution in [0.3, 0.4) is 0 Å². The number of aryl methyl sites for hydroxylation is 1. The molecule has 4 rings (SSSR count). The van der Waals surface area contributed by atoms with Crippen LogP contribution in [0.2, 0.25) is 10.0 Å². The molecule has 0 aliphatic carbocycles. The van der Waals surface area contributed by atoms with E-state index in [2.05, 4.69) is 15.3 Å². The van der Waals surface area contributed by atoms with Crippen LogP contribution in [0.5, 0.6) is 0 Å². The fourth-order valence-electron chi connectivity index (χ4n) is 2.38. The van der Waals surface area contributed by atoms with Gasteiger partial charge in [0.1, 0.15) is 5.01 Å². The predicted octanol–water partition coefficient (Wildman–Crippen LogP) is 5.14. The highest BCUT2D eigenvalue weighted by Gasteiger charge is 2.17. The molecule has 4 aromatic rings. The minimum Gasteiger partial charge on any atom is -0.182 e. The van der Waals surface area contributed by atoms with Gasteiger partial charge in [-0.1, -0.05) is 58.8 Å². The molecule has 0 bridgehead atoms. The van der Waals surface area contributed by atoms with E-state index in [-0.39, 0.29) is 0 Å². The first-order valence-electron chi connectivity index (χ1n) is 6.87. The van der Waals surface area contributed by atoms with Gasteiger partial charge in [0.2, 0.25) is 4.96 Å². The van der Waals surface area contributed by atoms with Gasteiger partial charge in [-0.3, -0.25) is 0 Å². The van der Waals surface area contributed by atoms with Gasteiger partial charge in [0.05, 0.1) is 5.02 Å². The smallest absolute Gasteiger partial charge is 0.182 e. The molecule has 0 unspecified atom stereocenters. The number of aromatic nitrogens is 4. The molecular formula is C16H10Cl2N4S. The molecule has 4 nitrogen and oxygen atoms in total. The summed E-state index contributed by atoms with van der Waals surface area (Å²) in [7, 11) is 0. The van der Waals surface area contributed by atoms with Crippen LogP contribution < -0.4 is 0 Å². The van der Waals surface area contributed by atoms with Crippen molar-refractivity contribution < 1.29 is 0 Å². The van der Waals surface area contributed by atoms with Crippen LogP contribution in [-0.4, -0.2) is 19.8 Å². The van der Waals surface area contributed by atoms with E-state index in [1.165, 1.54) is 11.3 Å². The quantitative estimate of drug-likeness (QED) is 0.497. The lowest BCUT2D eigenvalue weighted by Gasteiger charge is -2.02. The third-order valence-electron chi connectivity index (χ3n) is 3.54. The van der Waals surface area contributed by atoms with Crippen molar-refractivity contribution in [2.45, 2.75) is 6.92 Å². The van der Waals surface area contributed by atoms with Crippen LogP contribution in [0.15, 0.2) is 42.5 Å². The maximum Gasteiger partial charge on any atom is 0.235 e. The Balaban J connectivity index is 1.88. The highest BCUT2D eigenvalue weighted by molar-refractivity contribution is 7.19. The summed E-state index contributed by atoms with van der Waals surface area (Å²) >= 11 is 13.7. The molecule has 0 aliphatic rings. The molecular weight excluding hydrogens is 351 g/mol. The van der Waals surface area contributed by atoms with Gasteiger partial charge in [-0.15, -0.1) is 10.2 Å². The molecule has 0 N–H and O–H groups in total. The van der Waals surface area contributed by atoms with Crippen LogP contribution >= 0.6 is 34.5 Å². The summed E-state index contributed by atoms with van der Waals surface area (Å²) in [6, 6.07) is 13.4. The fourth-order valence-corrected chi connectivity index (χ4v) is 3.81. The average Bonchev–Trinajstić information content (AvgIpc) is 3.08. The zero-order valence-electron chi connectivity index (χ0n) is 12.0. The van der Waals surface area contributed by atoms with Gasteiger partial charge in [-0.2, -0.15) is 9.61 Å². The van der Waals surface area contributed by atoms with Crippen molar-refractivity contribution in [1.29, 1.82) is 0 Å². The SMILES string of the molecule is Cc1ccccc1-c1nnc2sc(-c3ccc(Cl)cc3Cl)nn12. The standard InChI is InChI=1S/C16H10Cl2N4S/c1-9-4-2-3-5-11(9)14-19-20-16-22(14)21-15(23-16)12-7-6-10(17)8-13(12)18/h2-8H,1H3. The van der Waals surface area contributed by atoms with E-state index >= 15 is 0 Å². The van der Waals surface area contributed by atoms with Gasteiger partial charge >= 0.3 is 0 Å². The topological polar surface area (TPSA) is 43.1 Å². The number of nitrogens with zero attached hydrogens (tertiary/aromatic N) is 4. The highest BCUT2D eigenvalue weighted by atomic mass is 35.5. The minimum absolute atomic E-state index is 0.569. The molecule has 0 aliphatic heterocycles. The van der Waals surface area contributed by atoms with Crippen LogP contribution in [-0.2, 0) is 0 Å². The van der Waals surface area contributed by atoms with Crippen LogP contribution in [0.4, 0.5) is 0 Å². The zero-order valence-corrected chi connectivity index (χ0v) is 14.3. The van der Waals surface area contributed by atoms with Crippen molar-refractivity contribution in [3.05, 3.63) is 58.1 Å². The summed E-state index contributed by atoms with van der Waals surface area (Å²) in [5, 5.41) is 15.1. The van der Waals surface area contributed by atoms with Crippen molar-refractivity contribution in [3.8, 4) is 22.0 Å². The lowest BCUT2D eigenvalue weighted by Crippen LogP contribution is -1.93. The average molecular weight is 361 g/mol. The predicted molar refractivity (Wildman–Crippen MR) is 94.3 cm³/mol. The third kappa shape index (κ3) is 2.51. The number of fused-ring (bicyclic) bond motifs is 1. The normalized spacial score (nSPS) is 11.3. The second kappa shape index (κ2) is 5.60. The van der Waals surface area contributed by atoms with E-state index < -0.39 is 0 Å². The molecule has 0 radical (unpaired) electrons. The molecule has 0 amide bonds. The Kier molecular flexibility index (Phi) is 3.56. The molecule has 0 saturated carbocycles. The van der Waals surface area contributed by atoms with Crippen LogP contribution in [0.25, 0.3) is 26.9 Å². The number of hydrogen-bond acceptors (Lipinski definition) is 4. The lowest BCUT2D eigenvalue weighted by atomic mass is 10.1. The maximum absolute atomic E-state index is 6.28. The van der Waals surface area contributed by atoms with E-state index in [9.17, 15) is 0 Å². The first-order valence-corrected chi connectivity index (χ1v) is 8.44. The summed E-state index contributed by atoms with van der Waals surface area (Å²) < 4.78 is 1.76. The number of hydrogen-bond donors (Lipinski definition) is 0. The maximum atomic E-state index is 6.28. The van der Waals surface area contributed by atoms with Gasteiger partial charge in [0.25, 0.3) is 0 Å². The summed E-state index contributed by atoms with van der Waals surface area (Å²) in [6.45, 7) is 2.04. The highest BCUT2D eigenvalue weighted by Crippen LogP contribution is 2.34. The van der Waals surface area contributed by atoms with Crippen molar-refractivity contribution in [2.75, 3.05) is 0 Å². The Bertz CT molecular complexity index is 1020. The van der Waals surface area contributed by atoms with Gasteiger partial charge in [-0.25, -0.2) is 0 Å². The largest absolute Gasteiger partial charge is 0.235 e. The summed E-state index contributed by atoms with van der Waals surface area (Å²) in [5.41, 5.74) is 2.97. The molecule has 0 fully saturated rings. The first kappa shape index (κ1) is 14.6. The molecule has 2 heterocycles. The summed E-state index contributed by atoms with van der Waals surface area (Å²) in [6.07, 6.45) is 0. The molecule has 114 valence electrons.